The van der Waals surface area contributed by atoms with Gasteiger partial charge in [0.2, 0.25) is 0 Å². The molecular weight excluding hydrogens is 434 g/mol. The number of alkyl halides is 6. The predicted octanol–water partition coefficient (Wildman–Crippen LogP) is 6.82. The van der Waals surface area contributed by atoms with Gasteiger partial charge in [0.1, 0.15) is 11.5 Å². The van der Waals surface area contributed by atoms with Gasteiger partial charge in [0.15, 0.2) is 0 Å². The summed E-state index contributed by atoms with van der Waals surface area (Å²) in [5.74, 6) is -1.25. The molecule has 1 saturated heterocycles. The van der Waals surface area contributed by atoms with E-state index in [0.717, 1.165) is 18.2 Å². The Labute approximate surface area is 173 Å². The third-order valence-electron chi connectivity index (χ3n) is 4.86. The lowest BCUT2D eigenvalue weighted by Crippen LogP contribution is -2.30. The van der Waals surface area contributed by atoms with E-state index in [1.807, 2.05) is 6.07 Å². The van der Waals surface area contributed by atoms with Crippen LogP contribution in [0.25, 0.3) is 0 Å². The highest BCUT2D eigenvalue weighted by molar-refractivity contribution is 6.32. The zero-order valence-electron chi connectivity index (χ0n) is 15.3. The van der Waals surface area contributed by atoms with Crippen LogP contribution in [0.2, 0.25) is 5.02 Å². The highest BCUT2D eigenvalue weighted by Crippen LogP contribution is 2.41. The number of hydrogen-bond donors (Lipinski definition) is 0. The molecule has 0 N–H and O–H groups in total. The third-order valence-corrected chi connectivity index (χ3v) is 5.16. The molecule has 1 fully saturated rings. The first-order valence-corrected chi connectivity index (χ1v) is 9.22. The SMILES string of the molecule is N#CCC1CC(C(F)(F)F)CN1c1ccc(Oc2ccc(C(F)(F)F)cc2Cl)cc1. The number of anilines is 1. The predicted molar refractivity (Wildman–Crippen MR) is 98.5 cm³/mol. The van der Waals surface area contributed by atoms with Crippen molar-refractivity contribution >= 4 is 17.3 Å². The van der Waals surface area contributed by atoms with E-state index in [1.165, 1.54) is 29.2 Å². The fourth-order valence-corrected chi connectivity index (χ4v) is 3.58. The Bertz CT molecular complexity index is 936. The van der Waals surface area contributed by atoms with Gasteiger partial charge >= 0.3 is 12.4 Å². The molecule has 10 heteroatoms. The lowest BCUT2D eigenvalue weighted by Gasteiger charge is -2.25. The number of ether oxygens (including phenoxy) is 1. The van der Waals surface area contributed by atoms with Gasteiger partial charge < -0.3 is 9.64 Å². The van der Waals surface area contributed by atoms with Crippen molar-refractivity contribution in [3.05, 3.63) is 53.1 Å². The van der Waals surface area contributed by atoms with Crippen LogP contribution in [-0.2, 0) is 6.18 Å². The number of halogens is 7. The zero-order chi connectivity index (χ0) is 22.1. The average molecular weight is 449 g/mol. The van der Waals surface area contributed by atoms with Crippen LogP contribution in [0.15, 0.2) is 42.5 Å². The van der Waals surface area contributed by atoms with Crippen LogP contribution in [0.1, 0.15) is 18.4 Å². The van der Waals surface area contributed by atoms with Crippen molar-refractivity contribution in [3.8, 4) is 17.6 Å². The van der Waals surface area contributed by atoms with Gasteiger partial charge in [0, 0.05) is 18.3 Å². The minimum Gasteiger partial charge on any atom is -0.456 e. The second-order valence-corrected chi connectivity index (χ2v) is 7.29. The molecule has 0 amide bonds. The van der Waals surface area contributed by atoms with E-state index in [0.29, 0.717) is 5.69 Å². The molecule has 30 heavy (non-hydrogen) atoms. The normalized spacial score (nSPS) is 19.6. The van der Waals surface area contributed by atoms with Crippen LogP contribution in [0, 0.1) is 17.2 Å². The monoisotopic (exact) mass is 448 g/mol. The van der Waals surface area contributed by atoms with Crippen molar-refractivity contribution in [2.45, 2.75) is 31.2 Å². The van der Waals surface area contributed by atoms with Crippen LogP contribution in [0.4, 0.5) is 32.0 Å². The largest absolute Gasteiger partial charge is 0.456 e. The van der Waals surface area contributed by atoms with Crippen molar-refractivity contribution in [3.63, 3.8) is 0 Å². The van der Waals surface area contributed by atoms with E-state index < -0.39 is 29.9 Å². The lowest BCUT2D eigenvalue weighted by atomic mass is 10.0. The molecular formula is C20H15ClF6N2O. The number of rotatable bonds is 4. The number of nitrogens with zero attached hydrogens (tertiary/aromatic N) is 2. The molecule has 1 aliphatic heterocycles. The molecule has 1 heterocycles. The Morgan fingerprint density at radius 3 is 2.27 bits per heavy atom. The summed E-state index contributed by atoms with van der Waals surface area (Å²) in [5.41, 5.74) is -0.417. The third kappa shape index (κ3) is 4.93. The Kier molecular flexibility index (Phi) is 6.09. The van der Waals surface area contributed by atoms with Crippen LogP contribution in [-0.4, -0.2) is 18.8 Å². The summed E-state index contributed by atoms with van der Waals surface area (Å²) in [7, 11) is 0. The highest BCUT2D eigenvalue weighted by atomic mass is 35.5. The van der Waals surface area contributed by atoms with Gasteiger partial charge in [-0.25, -0.2) is 0 Å². The van der Waals surface area contributed by atoms with Gasteiger partial charge in [-0.15, -0.1) is 0 Å². The van der Waals surface area contributed by atoms with Gasteiger partial charge in [-0.1, -0.05) is 11.6 Å². The van der Waals surface area contributed by atoms with Crippen LogP contribution in [0.5, 0.6) is 11.5 Å². The molecule has 0 aromatic heterocycles. The molecule has 2 aromatic rings. The van der Waals surface area contributed by atoms with Gasteiger partial charge in [-0.05, 0) is 48.9 Å². The number of hydrogen-bond acceptors (Lipinski definition) is 3. The molecule has 1 aliphatic rings. The fraction of sp³-hybridized carbons (Fsp3) is 0.350. The number of benzene rings is 2. The van der Waals surface area contributed by atoms with Crippen molar-refractivity contribution < 1.29 is 31.1 Å². The fourth-order valence-electron chi connectivity index (χ4n) is 3.36. The van der Waals surface area contributed by atoms with Crippen molar-refractivity contribution in [2.75, 3.05) is 11.4 Å². The summed E-state index contributed by atoms with van der Waals surface area (Å²) < 4.78 is 82.9. The Morgan fingerprint density at radius 1 is 1.07 bits per heavy atom. The molecule has 0 radical (unpaired) electrons. The van der Waals surface area contributed by atoms with E-state index in [1.54, 1.807) is 0 Å². The molecule has 160 valence electrons. The minimum atomic E-state index is -4.53. The summed E-state index contributed by atoms with van der Waals surface area (Å²) in [6.07, 6.45) is -9.07. The van der Waals surface area contributed by atoms with Gasteiger partial charge in [-0.3, -0.25) is 0 Å². The second kappa shape index (κ2) is 8.26. The molecule has 0 aliphatic carbocycles. The van der Waals surface area contributed by atoms with E-state index in [-0.39, 0.29) is 35.9 Å². The maximum atomic E-state index is 13.1. The first-order valence-electron chi connectivity index (χ1n) is 8.84. The van der Waals surface area contributed by atoms with E-state index in [9.17, 15) is 26.3 Å². The second-order valence-electron chi connectivity index (χ2n) is 6.88. The number of nitriles is 1. The smallest absolute Gasteiger partial charge is 0.416 e. The van der Waals surface area contributed by atoms with Crippen molar-refractivity contribution in [1.82, 2.24) is 0 Å². The van der Waals surface area contributed by atoms with E-state index in [2.05, 4.69) is 0 Å². The molecule has 2 atom stereocenters. The average Bonchev–Trinajstić information content (AvgIpc) is 3.08. The summed E-state index contributed by atoms with van der Waals surface area (Å²) in [6, 6.07) is 10.1. The van der Waals surface area contributed by atoms with Gasteiger partial charge in [0.05, 0.1) is 29.0 Å². The van der Waals surface area contributed by atoms with Gasteiger partial charge in [-0.2, -0.15) is 31.6 Å². The summed E-state index contributed by atoms with van der Waals surface area (Å²) in [5, 5.41) is 8.70. The summed E-state index contributed by atoms with van der Waals surface area (Å²) in [6.45, 7) is -0.249. The maximum Gasteiger partial charge on any atom is 0.416 e. The quantitative estimate of drug-likeness (QED) is 0.481. The molecule has 3 rings (SSSR count). The van der Waals surface area contributed by atoms with E-state index in [4.69, 9.17) is 21.6 Å². The Balaban J connectivity index is 1.76. The molecule has 0 bridgehead atoms. The Hall–Kier alpha value is -2.60. The molecule has 2 unspecified atom stereocenters. The van der Waals surface area contributed by atoms with Crippen LogP contribution < -0.4 is 9.64 Å². The lowest BCUT2D eigenvalue weighted by molar-refractivity contribution is -0.168. The maximum absolute atomic E-state index is 13.1. The van der Waals surface area contributed by atoms with Crippen molar-refractivity contribution in [1.29, 1.82) is 5.26 Å². The van der Waals surface area contributed by atoms with Crippen molar-refractivity contribution in [2.24, 2.45) is 5.92 Å². The van der Waals surface area contributed by atoms with E-state index >= 15 is 0 Å². The molecule has 0 saturated carbocycles. The minimum absolute atomic E-state index is 0.0121. The van der Waals surface area contributed by atoms with Crippen LogP contribution >= 0.6 is 11.6 Å². The van der Waals surface area contributed by atoms with Crippen LogP contribution in [0.3, 0.4) is 0 Å². The molecule has 2 aromatic carbocycles. The first-order chi connectivity index (χ1) is 14.0. The molecule has 3 nitrogen and oxygen atoms in total. The highest BCUT2D eigenvalue weighted by Gasteiger charge is 2.47. The standard InChI is InChI=1S/C20H15ClF6N2O/c21-17-10-12(19(22,23)24)1-6-18(17)30-16-4-2-14(3-5-16)29-11-13(20(25,26)27)9-15(29)7-8-28/h1-6,10,13,15H,7,9,11H2. The van der Waals surface area contributed by atoms with Gasteiger partial charge in [0.25, 0.3) is 0 Å². The molecule has 0 spiro atoms. The Morgan fingerprint density at radius 2 is 1.73 bits per heavy atom. The summed E-state index contributed by atoms with van der Waals surface area (Å²) >= 11 is 5.86. The zero-order valence-corrected chi connectivity index (χ0v) is 16.0. The topological polar surface area (TPSA) is 36.3 Å². The summed E-state index contributed by atoms with van der Waals surface area (Å²) in [4.78, 5) is 1.54. The first kappa shape index (κ1) is 22.1.